The first kappa shape index (κ1) is 14.0. The molecule has 6 heteroatoms. The van der Waals surface area contributed by atoms with Gasteiger partial charge in [-0.25, -0.2) is 0 Å². The van der Waals surface area contributed by atoms with Crippen molar-refractivity contribution in [2.24, 2.45) is 0 Å². The van der Waals surface area contributed by atoms with Gasteiger partial charge in [-0.1, -0.05) is 0 Å². The summed E-state index contributed by atoms with van der Waals surface area (Å²) in [7, 11) is 0. The minimum Gasteiger partial charge on any atom is -0.378 e. The average molecular weight is 333 g/mol. The molecule has 2 heterocycles. The van der Waals surface area contributed by atoms with Crippen molar-refractivity contribution in [1.82, 2.24) is 10.2 Å². The number of ether oxygens (including phenoxy) is 1. The Bertz CT molecular complexity index is 405. The molecule has 18 heavy (non-hydrogen) atoms. The minimum atomic E-state index is -0.155. The lowest BCUT2D eigenvalue weighted by atomic mass is 10.2. The molecule has 1 aliphatic rings. The number of hydrogen-bond donors (Lipinski definition) is 1. The summed E-state index contributed by atoms with van der Waals surface area (Å²) in [6.07, 6.45) is 0. The third-order valence-electron chi connectivity index (χ3n) is 2.95. The van der Waals surface area contributed by atoms with Crippen molar-refractivity contribution in [2.45, 2.75) is 19.5 Å². The molecule has 0 bridgehead atoms. The van der Waals surface area contributed by atoms with E-state index in [1.165, 1.54) is 4.88 Å². The maximum absolute atomic E-state index is 12.1. The molecule has 1 aromatic heterocycles. The smallest absolute Gasteiger partial charge is 0.239 e. The van der Waals surface area contributed by atoms with Gasteiger partial charge in [0.15, 0.2) is 0 Å². The van der Waals surface area contributed by atoms with Gasteiger partial charge in [-0.3, -0.25) is 4.79 Å². The van der Waals surface area contributed by atoms with Gasteiger partial charge >= 0.3 is 0 Å². The van der Waals surface area contributed by atoms with E-state index >= 15 is 0 Å². The van der Waals surface area contributed by atoms with E-state index in [-0.39, 0.29) is 11.9 Å². The number of nitrogens with one attached hydrogen (secondary N) is 1. The predicted molar refractivity (Wildman–Crippen MR) is 75.7 cm³/mol. The number of nitrogens with zero attached hydrogens (tertiary/aromatic N) is 1. The summed E-state index contributed by atoms with van der Waals surface area (Å²) in [6.45, 7) is 5.33. The molecule has 1 aliphatic heterocycles. The van der Waals surface area contributed by atoms with Gasteiger partial charge in [-0.05, 0) is 34.3 Å². The second-order valence-corrected chi connectivity index (χ2v) is 6.09. The van der Waals surface area contributed by atoms with E-state index in [2.05, 4.69) is 21.2 Å². The first-order valence-electron chi connectivity index (χ1n) is 6.00. The largest absolute Gasteiger partial charge is 0.378 e. The van der Waals surface area contributed by atoms with Crippen LogP contribution in [0.5, 0.6) is 0 Å². The van der Waals surface area contributed by atoms with E-state index in [9.17, 15) is 4.79 Å². The molecule has 2 rings (SSSR count). The van der Waals surface area contributed by atoms with Crippen LogP contribution in [0.1, 0.15) is 11.8 Å². The standard InChI is InChI=1S/C12H17BrN2O2S/c1-9(12(16)15-3-5-17-6-4-15)14-8-11-10(13)2-7-18-11/h2,7,9,14H,3-6,8H2,1H3. The van der Waals surface area contributed by atoms with Crippen molar-refractivity contribution in [3.63, 3.8) is 0 Å². The van der Waals surface area contributed by atoms with Crippen LogP contribution in [-0.2, 0) is 16.1 Å². The zero-order chi connectivity index (χ0) is 13.0. The van der Waals surface area contributed by atoms with Gasteiger partial charge in [0.25, 0.3) is 0 Å². The molecule has 4 nitrogen and oxygen atoms in total. The maximum Gasteiger partial charge on any atom is 0.239 e. The van der Waals surface area contributed by atoms with Crippen molar-refractivity contribution in [3.05, 3.63) is 20.8 Å². The minimum absolute atomic E-state index is 0.155. The van der Waals surface area contributed by atoms with Gasteiger partial charge in [0, 0.05) is 29.0 Å². The Labute approximate surface area is 119 Å². The van der Waals surface area contributed by atoms with Crippen molar-refractivity contribution in [3.8, 4) is 0 Å². The third kappa shape index (κ3) is 3.54. The summed E-state index contributed by atoms with van der Waals surface area (Å²) in [5, 5.41) is 5.31. The topological polar surface area (TPSA) is 41.6 Å². The molecule has 1 fully saturated rings. The highest BCUT2D eigenvalue weighted by molar-refractivity contribution is 9.10. The van der Waals surface area contributed by atoms with Crippen LogP contribution in [0.3, 0.4) is 0 Å². The number of thiophene rings is 1. The molecular formula is C12H17BrN2O2S. The number of rotatable bonds is 4. The predicted octanol–water partition coefficient (Wildman–Crippen LogP) is 1.85. The third-order valence-corrected chi connectivity index (χ3v) is 4.88. The molecule has 100 valence electrons. The Morgan fingerprint density at radius 3 is 2.94 bits per heavy atom. The number of carbonyl (C=O) groups is 1. The highest BCUT2D eigenvalue weighted by Crippen LogP contribution is 2.22. The van der Waals surface area contributed by atoms with Crippen LogP contribution in [-0.4, -0.2) is 43.2 Å². The van der Waals surface area contributed by atoms with E-state index in [4.69, 9.17) is 4.74 Å². The molecule has 0 aromatic carbocycles. The van der Waals surface area contributed by atoms with Gasteiger partial charge < -0.3 is 15.0 Å². The van der Waals surface area contributed by atoms with Crippen LogP contribution in [0, 0.1) is 0 Å². The monoisotopic (exact) mass is 332 g/mol. The molecule has 1 saturated heterocycles. The first-order valence-corrected chi connectivity index (χ1v) is 7.67. The number of amides is 1. The van der Waals surface area contributed by atoms with E-state index in [1.807, 2.05) is 23.3 Å². The molecule has 1 atom stereocenters. The van der Waals surface area contributed by atoms with Crippen LogP contribution in [0.25, 0.3) is 0 Å². The average Bonchev–Trinajstić information content (AvgIpc) is 2.81. The Morgan fingerprint density at radius 2 is 2.33 bits per heavy atom. The fourth-order valence-electron chi connectivity index (χ4n) is 1.84. The summed E-state index contributed by atoms with van der Waals surface area (Å²) in [4.78, 5) is 15.2. The van der Waals surface area contributed by atoms with E-state index < -0.39 is 0 Å². The molecule has 0 radical (unpaired) electrons. The summed E-state index contributed by atoms with van der Waals surface area (Å²) >= 11 is 5.17. The molecule has 0 saturated carbocycles. The van der Waals surface area contributed by atoms with Crippen LogP contribution in [0.15, 0.2) is 15.9 Å². The fraction of sp³-hybridized carbons (Fsp3) is 0.583. The summed E-state index contributed by atoms with van der Waals surface area (Å²) in [5.41, 5.74) is 0. The molecular weight excluding hydrogens is 316 g/mol. The van der Waals surface area contributed by atoms with Gasteiger partial charge in [0.05, 0.1) is 19.3 Å². The van der Waals surface area contributed by atoms with Crippen LogP contribution in [0.4, 0.5) is 0 Å². The first-order chi connectivity index (χ1) is 8.68. The Hall–Kier alpha value is -0.430. The second kappa shape index (κ2) is 6.65. The van der Waals surface area contributed by atoms with Crippen molar-refractivity contribution < 1.29 is 9.53 Å². The van der Waals surface area contributed by atoms with E-state index in [1.54, 1.807) is 11.3 Å². The van der Waals surface area contributed by atoms with Crippen molar-refractivity contribution >= 4 is 33.2 Å². The maximum atomic E-state index is 12.1. The van der Waals surface area contributed by atoms with Gasteiger partial charge in [-0.15, -0.1) is 11.3 Å². The number of morpholine rings is 1. The lowest BCUT2D eigenvalue weighted by Crippen LogP contribution is -2.49. The molecule has 0 aliphatic carbocycles. The van der Waals surface area contributed by atoms with Crippen molar-refractivity contribution in [1.29, 1.82) is 0 Å². The van der Waals surface area contributed by atoms with Crippen LogP contribution in [0.2, 0.25) is 0 Å². The fourth-order valence-corrected chi connectivity index (χ4v) is 3.29. The summed E-state index contributed by atoms with van der Waals surface area (Å²) in [5.74, 6) is 0.158. The number of halogens is 1. The van der Waals surface area contributed by atoms with Crippen molar-refractivity contribution in [2.75, 3.05) is 26.3 Å². The Kier molecular flexibility index (Phi) is 5.17. The SMILES string of the molecule is CC(NCc1sccc1Br)C(=O)N1CCOCC1. The lowest BCUT2D eigenvalue weighted by Gasteiger charge is -2.29. The zero-order valence-electron chi connectivity index (χ0n) is 10.3. The number of carbonyl (C=O) groups excluding carboxylic acids is 1. The zero-order valence-corrected chi connectivity index (χ0v) is 12.7. The molecule has 1 aromatic rings. The summed E-state index contributed by atoms with van der Waals surface area (Å²) in [6, 6.07) is 1.87. The normalized spacial score (nSPS) is 17.8. The van der Waals surface area contributed by atoms with Gasteiger partial charge in [-0.2, -0.15) is 0 Å². The Balaban J connectivity index is 1.82. The number of hydrogen-bond acceptors (Lipinski definition) is 4. The van der Waals surface area contributed by atoms with Gasteiger partial charge in [0.1, 0.15) is 0 Å². The highest BCUT2D eigenvalue weighted by Gasteiger charge is 2.22. The molecule has 1 unspecified atom stereocenters. The quantitative estimate of drug-likeness (QED) is 0.914. The van der Waals surface area contributed by atoms with E-state index in [0.29, 0.717) is 26.3 Å². The Morgan fingerprint density at radius 1 is 1.61 bits per heavy atom. The highest BCUT2D eigenvalue weighted by atomic mass is 79.9. The van der Waals surface area contributed by atoms with Gasteiger partial charge in [0.2, 0.25) is 5.91 Å². The molecule has 0 spiro atoms. The molecule has 1 N–H and O–H groups in total. The van der Waals surface area contributed by atoms with Crippen LogP contribution >= 0.6 is 27.3 Å². The second-order valence-electron chi connectivity index (χ2n) is 4.23. The molecule has 1 amide bonds. The van der Waals surface area contributed by atoms with E-state index in [0.717, 1.165) is 11.0 Å². The summed E-state index contributed by atoms with van der Waals surface area (Å²) < 4.78 is 6.35. The van der Waals surface area contributed by atoms with Crippen LogP contribution < -0.4 is 5.32 Å². The lowest BCUT2D eigenvalue weighted by molar-refractivity contribution is -0.137.